The van der Waals surface area contributed by atoms with Crippen LogP contribution in [-0.4, -0.2) is 52.3 Å². The molecule has 1 atom stereocenters. The summed E-state index contributed by atoms with van der Waals surface area (Å²) in [5, 5.41) is 5.15. The minimum atomic E-state index is -0.269. The normalized spacial score (nSPS) is 17.8. The zero-order chi connectivity index (χ0) is 23.8. The molecule has 34 heavy (non-hydrogen) atoms. The van der Waals surface area contributed by atoms with Crippen molar-refractivity contribution in [2.45, 2.75) is 38.5 Å². The third-order valence-corrected chi connectivity index (χ3v) is 7.18. The van der Waals surface area contributed by atoms with E-state index < -0.39 is 0 Å². The van der Waals surface area contributed by atoms with Crippen molar-refractivity contribution < 1.29 is 14.3 Å². The molecule has 7 nitrogen and oxygen atoms in total. The number of amides is 1. The fraction of sp³-hybridized carbons (Fsp3) is 0.385. The van der Waals surface area contributed by atoms with E-state index in [4.69, 9.17) is 21.1 Å². The summed E-state index contributed by atoms with van der Waals surface area (Å²) < 4.78 is 12.7. The number of ether oxygens (including phenoxy) is 2. The first kappa shape index (κ1) is 22.7. The highest BCUT2D eigenvalue weighted by Gasteiger charge is 2.36. The lowest BCUT2D eigenvalue weighted by Crippen LogP contribution is -2.52. The van der Waals surface area contributed by atoms with Crippen molar-refractivity contribution in [3.8, 4) is 11.5 Å². The number of hydrogen-bond acceptors (Lipinski definition) is 5. The van der Waals surface area contributed by atoms with E-state index in [9.17, 15) is 4.79 Å². The van der Waals surface area contributed by atoms with Gasteiger partial charge in [0.25, 0.3) is 0 Å². The summed E-state index contributed by atoms with van der Waals surface area (Å²) in [4.78, 5) is 18.1. The molecule has 1 unspecified atom stereocenters. The Bertz CT molecular complexity index is 1220. The number of rotatable bonds is 5. The van der Waals surface area contributed by atoms with Gasteiger partial charge in [-0.05, 0) is 47.2 Å². The van der Waals surface area contributed by atoms with Crippen LogP contribution in [0.4, 0.5) is 0 Å². The topological polar surface area (TPSA) is 59.8 Å². The molecule has 0 aliphatic carbocycles. The highest BCUT2D eigenvalue weighted by Crippen LogP contribution is 2.34. The van der Waals surface area contributed by atoms with Crippen molar-refractivity contribution in [3.63, 3.8) is 0 Å². The first-order valence-corrected chi connectivity index (χ1v) is 11.9. The zero-order valence-electron chi connectivity index (χ0n) is 19.8. The summed E-state index contributed by atoms with van der Waals surface area (Å²) in [5.41, 5.74) is 5.58. The summed E-state index contributed by atoms with van der Waals surface area (Å²) in [5.74, 6) is 1.55. The van der Waals surface area contributed by atoms with Crippen molar-refractivity contribution in [2.24, 2.45) is 7.05 Å². The van der Waals surface area contributed by atoms with E-state index in [2.05, 4.69) is 28.2 Å². The molecule has 0 fully saturated rings. The summed E-state index contributed by atoms with van der Waals surface area (Å²) in [6, 6.07) is 12.1. The SMILES string of the molecule is COc1cc2c(cc1OC)CN(C(=O)C1Cc3ccccc3CN1Cc1nn(C)cc1Cl)CC2. The van der Waals surface area contributed by atoms with Crippen molar-refractivity contribution in [1.82, 2.24) is 19.6 Å². The second-order valence-electron chi connectivity index (χ2n) is 8.98. The smallest absolute Gasteiger partial charge is 0.240 e. The van der Waals surface area contributed by atoms with Crippen LogP contribution in [0.5, 0.6) is 11.5 Å². The molecule has 5 rings (SSSR count). The average molecular weight is 481 g/mol. The van der Waals surface area contributed by atoms with Crippen molar-refractivity contribution in [2.75, 3.05) is 20.8 Å². The van der Waals surface area contributed by atoms with E-state index in [1.54, 1.807) is 25.1 Å². The Morgan fingerprint density at radius 1 is 1.06 bits per heavy atom. The minimum Gasteiger partial charge on any atom is -0.493 e. The molecule has 0 saturated carbocycles. The van der Waals surface area contributed by atoms with Gasteiger partial charge in [0.05, 0.1) is 31.0 Å². The van der Waals surface area contributed by atoms with Gasteiger partial charge in [0.1, 0.15) is 0 Å². The van der Waals surface area contributed by atoms with Gasteiger partial charge in [-0.15, -0.1) is 0 Å². The highest BCUT2D eigenvalue weighted by atomic mass is 35.5. The van der Waals surface area contributed by atoms with Gasteiger partial charge in [0, 0.05) is 39.4 Å². The molecule has 0 N–H and O–H groups in total. The van der Waals surface area contributed by atoms with Gasteiger partial charge in [0.15, 0.2) is 11.5 Å². The van der Waals surface area contributed by atoms with Crippen molar-refractivity contribution >= 4 is 17.5 Å². The van der Waals surface area contributed by atoms with Crippen LogP contribution in [0.2, 0.25) is 5.02 Å². The van der Waals surface area contributed by atoms with Gasteiger partial charge in [-0.2, -0.15) is 5.10 Å². The average Bonchev–Trinajstić information content (AvgIpc) is 3.17. The summed E-state index contributed by atoms with van der Waals surface area (Å²) in [6.07, 6.45) is 3.26. The molecule has 2 aliphatic rings. The second-order valence-corrected chi connectivity index (χ2v) is 9.38. The van der Waals surface area contributed by atoms with E-state index >= 15 is 0 Å². The number of fused-ring (bicyclic) bond motifs is 2. The van der Waals surface area contributed by atoms with Crippen LogP contribution < -0.4 is 9.47 Å². The fourth-order valence-corrected chi connectivity index (χ4v) is 5.31. The maximum Gasteiger partial charge on any atom is 0.240 e. The summed E-state index contributed by atoms with van der Waals surface area (Å²) in [6.45, 7) is 2.46. The molecule has 2 aromatic carbocycles. The monoisotopic (exact) mass is 480 g/mol. The summed E-state index contributed by atoms with van der Waals surface area (Å²) >= 11 is 6.42. The molecular formula is C26H29ClN4O3. The molecule has 0 spiro atoms. The number of aromatic nitrogens is 2. The Morgan fingerprint density at radius 3 is 2.44 bits per heavy atom. The molecule has 0 bridgehead atoms. The number of halogens is 1. The number of aryl methyl sites for hydroxylation is 1. The Labute approximate surface area is 204 Å². The first-order chi connectivity index (χ1) is 16.5. The quantitative estimate of drug-likeness (QED) is 0.558. The minimum absolute atomic E-state index is 0.141. The van der Waals surface area contributed by atoms with Gasteiger partial charge < -0.3 is 14.4 Å². The Kier molecular flexibility index (Phi) is 6.23. The van der Waals surface area contributed by atoms with Crippen LogP contribution in [-0.2, 0) is 44.3 Å². The maximum absolute atomic E-state index is 13.9. The number of methoxy groups -OCH3 is 2. The number of carbonyl (C=O) groups is 1. The molecule has 1 aromatic heterocycles. The third-order valence-electron chi connectivity index (χ3n) is 6.87. The highest BCUT2D eigenvalue weighted by molar-refractivity contribution is 6.31. The van der Waals surface area contributed by atoms with E-state index in [1.807, 2.05) is 30.1 Å². The van der Waals surface area contributed by atoms with Crippen LogP contribution in [0.25, 0.3) is 0 Å². The van der Waals surface area contributed by atoms with Crippen LogP contribution in [0.15, 0.2) is 42.6 Å². The van der Waals surface area contributed by atoms with Crippen molar-refractivity contribution in [1.29, 1.82) is 0 Å². The van der Waals surface area contributed by atoms with E-state index in [0.717, 1.165) is 23.4 Å². The molecule has 178 valence electrons. The van der Waals surface area contributed by atoms with Gasteiger partial charge in [-0.1, -0.05) is 35.9 Å². The molecule has 3 aromatic rings. The van der Waals surface area contributed by atoms with Crippen LogP contribution in [0, 0.1) is 0 Å². The molecule has 3 heterocycles. The molecule has 0 saturated heterocycles. The van der Waals surface area contributed by atoms with Gasteiger partial charge in [0.2, 0.25) is 5.91 Å². The van der Waals surface area contributed by atoms with Crippen LogP contribution in [0.1, 0.15) is 27.9 Å². The molecule has 1 amide bonds. The number of hydrogen-bond donors (Lipinski definition) is 0. The number of carbonyl (C=O) groups excluding carboxylic acids is 1. The van der Waals surface area contributed by atoms with Gasteiger partial charge in [-0.25, -0.2) is 0 Å². The van der Waals surface area contributed by atoms with Gasteiger partial charge >= 0.3 is 0 Å². The molecule has 2 aliphatic heterocycles. The van der Waals surface area contributed by atoms with E-state index in [0.29, 0.717) is 43.4 Å². The standard InChI is InChI=1S/C26H29ClN4O3/c1-29-15-21(27)22(28-29)16-31-13-19-7-5-4-6-17(19)10-23(31)26(32)30-9-8-18-11-24(33-2)25(34-3)12-20(18)14-30/h4-7,11-12,15,23H,8-10,13-14,16H2,1-3H3. The maximum atomic E-state index is 13.9. The van der Waals surface area contributed by atoms with E-state index in [1.165, 1.54) is 16.7 Å². The predicted molar refractivity (Wildman–Crippen MR) is 130 cm³/mol. The van der Waals surface area contributed by atoms with E-state index in [-0.39, 0.29) is 11.9 Å². The number of benzene rings is 2. The summed E-state index contributed by atoms with van der Waals surface area (Å²) in [7, 11) is 5.14. The molecular weight excluding hydrogens is 452 g/mol. The van der Waals surface area contributed by atoms with Crippen LogP contribution >= 0.6 is 11.6 Å². The fourth-order valence-electron chi connectivity index (χ4n) is 5.07. The molecule has 8 heteroatoms. The Balaban J connectivity index is 1.42. The van der Waals surface area contributed by atoms with Crippen LogP contribution in [0.3, 0.4) is 0 Å². The number of nitrogens with zero attached hydrogens (tertiary/aromatic N) is 4. The first-order valence-electron chi connectivity index (χ1n) is 11.5. The molecule has 0 radical (unpaired) electrons. The second kappa shape index (κ2) is 9.31. The lowest BCUT2D eigenvalue weighted by atomic mass is 9.92. The van der Waals surface area contributed by atoms with Gasteiger partial charge in [-0.3, -0.25) is 14.4 Å². The Hall–Kier alpha value is -3.03. The zero-order valence-corrected chi connectivity index (χ0v) is 20.5. The van der Waals surface area contributed by atoms with Crippen molar-refractivity contribution in [3.05, 3.63) is 75.6 Å². The largest absolute Gasteiger partial charge is 0.493 e. The third kappa shape index (κ3) is 4.26. The Morgan fingerprint density at radius 2 is 1.76 bits per heavy atom. The lowest BCUT2D eigenvalue weighted by molar-refractivity contribution is -0.139. The predicted octanol–water partition coefficient (Wildman–Crippen LogP) is 3.60. The lowest BCUT2D eigenvalue weighted by Gasteiger charge is -2.39.